The number of halogens is 1. The van der Waals surface area contributed by atoms with Crippen LogP contribution in [0.25, 0.3) is 0 Å². The molecule has 1 aromatic carbocycles. The minimum Gasteiger partial charge on any atom is -0.485 e. The summed E-state index contributed by atoms with van der Waals surface area (Å²) in [7, 11) is 0. The van der Waals surface area contributed by atoms with E-state index in [-0.39, 0.29) is 5.60 Å². The number of fused-ring (bicyclic) bond motifs is 3. The van der Waals surface area contributed by atoms with Crippen LogP contribution < -0.4 is 4.74 Å². The minimum absolute atomic E-state index is 0.137. The summed E-state index contributed by atoms with van der Waals surface area (Å²) in [5.41, 5.74) is 1.24. The van der Waals surface area contributed by atoms with E-state index in [2.05, 4.69) is 22.9 Å². The molecule has 1 heterocycles. The summed E-state index contributed by atoms with van der Waals surface area (Å²) >= 11 is 3.41. The number of hydrogen-bond donors (Lipinski definition) is 1. The fourth-order valence-electron chi connectivity index (χ4n) is 3.08. The standard InChI is InChI=1S/C13H13BrO3/c1-13-4-2-3-9(13)8-5-7(12(15)16)6-10(14)11(8)17-13/h5-6,9H,2-4H2,1H3,(H,15,16)/t9-,13-/m0/s1. The zero-order valence-corrected chi connectivity index (χ0v) is 11.1. The van der Waals surface area contributed by atoms with Gasteiger partial charge in [-0.25, -0.2) is 4.79 Å². The van der Waals surface area contributed by atoms with Crippen molar-refractivity contribution < 1.29 is 14.6 Å². The van der Waals surface area contributed by atoms with E-state index in [1.165, 1.54) is 0 Å². The van der Waals surface area contributed by atoms with Gasteiger partial charge in [0, 0.05) is 11.5 Å². The molecule has 3 nitrogen and oxygen atoms in total. The van der Waals surface area contributed by atoms with Gasteiger partial charge in [-0.2, -0.15) is 0 Å². The summed E-state index contributed by atoms with van der Waals surface area (Å²) in [6, 6.07) is 3.38. The Morgan fingerprint density at radius 1 is 1.59 bits per heavy atom. The number of hydrogen-bond acceptors (Lipinski definition) is 2. The first-order chi connectivity index (χ1) is 8.01. The first kappa shape index (κ1) is 11.1. The maximum absolute atomic E-state index is 11.1. The van der Waals surface area contributed by atoms with Crippen molar-refractivity contribution >= 4 is 21.9 Å². The summed E-state index contributed by atoms with van der Waals surface area (Å²) < 4.78 is 6.80. The van der Waals surface area contributed by atoms with Gasteiger partial charge < -0.3 is 9.84 Å². The van der Waals surface area contributed by atoms with E-state index in [0.717, 1.165) is 35.0 Å². The summed E-state index contributed by atoms with van der Waals surface area (Å²) in [4.78, 5) is 11.1. The van der Waals surface area contributed by atoms with Gasteiger partial charge in [0.15, 0.2) is 0 Å². The van der Waals surface area contributed by atoms with Gasteiger partial charge in [-0.3, -0.25) is 0 Å². The molecule has 0 bridgehead atoms. The van der Waals surface area contributed by atoms with Crippen molar-refractivity contribution in [3.8, 4) is 5.75 Å². The van der Waals surface area contributed by atoms with E-state index in [1.54, 1.807) is 12.1 Å². The van der Waals surface area contributed by atoms with Crippen molar-refractivity contribution in [3.05, 3.63) is 27.7 Å². The van der Waals surface area contributed by atoms with Gasteiger partial charge in [-0.05, 0) is 54.2 Å². The quantitative estimate of drug-likeness (QED) is 0.862. The van der Waals surface area contributed by atoms with E-state index in [0.29, 0.717) is 11.5 Å². The van der Waals surface area contributed by atoms with Crippen molar-refractivity contribution in [1.29, 1.82) is 0 Å². The average molecular weight is 297 g/mol. The van der Waals surface area contributed by atoms with Crippen LogP contribution in [0.3, 0.4) is 0 Å². The van der Waals surface area contributed by atoms with Gasteiger partial charge in [0.1, 0.15) is 11.4 Å². The smallest absolute Gasteiger partial charge is 0.335 e. The second kappa shape index (κ2) is 3.48. The zero-order chi connectivity index (χ0) is 12.2. The average Bonchev–Trinajstić information content (AvgIpc) is 2.73. The Morgan fingerprint density at radius 2 is 2.35 bits per heavy atom. The molecule has 0 radical (unpaired) electrons. The highest BCUT2D eigenvalue weighted by Gasteiger charge is 2.48. The van der Waals surface area contributed by atoms with Gasteiger partial charge in [0.2, 0.25) is 0 Å². The van der Waals surface area contributed by atoms with Crippen LogP contribution in [-0.4, -0.2) is 16.7 Å². The van der Waals surface area contributed by atoms with Gasteiger partial charge in [0.25, 0.3) is 0 Å². The molecule has 1 aliphatic carbocycles. The number of carbonyl (C=O) groups is 1. The third kappa shape index (κ3) is 1.50. The Hall–Kier alpha value is -1.03. The van der Waals surface area contributed by atoms with Crippen LogP contribution >= 0.6 is 15.9 Å². The molecule has 1 fully saturated rings. The van der Waals surface area contributed by atoms with Crippen LogP contribution in [0, 0.1) is 0 Å². The predicted octanol–water partition coefficient (Wildman–Crippen LogP) is 3.57. The summed E-state index contributed by atoms with van der Waals surface area (Å²) in [6.07, 6.45) is 3.27. The van der Waals surface area contributed by atoms with Gasteiger partial charge in [-0.15, -0.1) is 0 Å². The molecule has 1 aromatic rings. The van der Waals surface area contributed by atoms with Crippen LogP contribution in [0.5, 0.6) is 5.75 Å². The Balaban J connectivity index is 2.16. The van der Waals surface area contributed by atoms with E-state index >= 15 is 0 Å². The van der Waals surface area contributed by atoms with Crippen molar-refractivity contribution in [2.45, 2.75) is 37.7 Å². The van der Waals surface area contributed by atoms with Gasteiger partial charge in [0.05, 0.1) is 10.0 Å². The molecule has 1 saturated carbocycles. The second-order valence-corrected chi connectivity index (χ2v) is 5.90. The van der Waals surface area contributed by atoms with E-state index in [4.69, 9.17) is 9.84 Å². The summed E-state index contributed by atoms with van der Waals surface area (Å²) in [5.74, 6) is 0.287. The molecule has 3 rings (SSSR count). The minimum atomic E-state index is -0.889. The molecule has 0 saturated heterocycles. The van der Waals surface area contributed by atoms with Crippen molar-refractivity contribution in [3.63, 3.8) is 0 Å². The van der Waals surface area contributed by atoms with Crippen LogP contribution in [-0.2, 0) is 0 Å². The third-order valence-electron chi connectivity index (χ3n) is 3.93. The molecule has 1 N–H and O–H groups in total. The van der Waals surface area contributed by atoms with Crippen LogP contribution in [0.1, 0.15) is 48.0 Å². The normalized spacial score (nSPS) is 29.6. The molecule has 0 aromatic heterocycles. The number of rotatable bonds is 1. The lowest BCUT2D eigenvalue weighted by Gasteiger charge is -2.23. The van der Waals surface area contributed by atoms with E-state index < -0.39 is 5.97 Å². The lowest BCUT2D eigenvalue weighted by atomic mass is 9.88. The Kier molecular flexibility index (Phi) is 2.27. The number of aromatic carboxylic acids is 1. The molecule has 2 atom stereocenters. The fraction of sp³-hybridized carbons (Fsp3) is 0.462. The molecule has 2 aliphatic rings. The highest BCUT2D eigenvalue weighted by Crippen LogP contribution is 2.55. The van der Waals surface area contributed by atoms with Crippen LogP contribution in [0.2, 0.25) is 0 Å². The highest BCUT2D eigenvalue weighted by atomic mass is 79.9. The Morgan fingerprint density at radius 3 is 3.06 bits per heavy atom. The Labute approximate surface area is 108 Å². The molecule has 4 heteroatoms. The topological polar surface area (TPSA) is 46.5 Å². The van der Waals surface area contributed by atoms with Crippen LogP contribution in [0.4, 0.5) is 0 Å². The predicted molar refractivity (Wildman–Crippen MR) is 66.7 cm³/mol. The first-order valence-corrected chi connectivity index (χ1v) is 6.56. The largest absolute Gasteiger partial charge is 0.485 e. The van der Waals surface area contributed by atoms with E-state index in [9.17, 15) is 4.79 Å². The molecule has 0 spiro atoms. The summed E-state index contributed by atoms with van der Waals surface area (Å²) in [6.45, 7) is 2.12. The zero-order valence-electron chi connectivity index (χ0n) is 9.50. The lowest BCUT2D eigenvalue weighted by Crippen LogP contribution is -2.29. The SMILES string of the molecule is C[C@]12CCC[C@H]1c1cc(C(=O)O)cc(Br)c1O2. The summed E-state index contributed by atoms with van der Waals surface area (Å²) in [5, 5.41) is 9.08. The number of benzene rings is 1. The van der Waals surface area contributed by atoms with Crippen LogP contribution in [0.15, 0.2) is 16.6 Å². The molecule has 0 amide bonds. The molecule has 1 aliphatic heterocycles. The Bertz CT molecular complexity index is 512. The molecule has 17 heavy (non-hydrogen) atoms. The molecular formula is C13H13BrO3. The monoisotopic (exact) mass is 296 g/mol. The van der Waals surface area contributed by atoms with Crippen molar-refractivity contribution in [1.82, 2.24) is 0 Å². The number of carboxylic acid groups (broad SMARTS) is 1. The number of carboxylic acids is 1. The molecule has 0 unspecified atom stereocenters. The molecular weight excluding hydrogens is 284 g/mol. The third-order valence-corrected chi connectivity index (χ3v) is 4.52. The number of ether oxygens (including phenoxy) is 1. The van der Waals surface area contributed by atoms with E-state index in [1.807, 2.05) is 0 Å². The van der Waals surface area contributed by atoms with Gasteiger partial charge in [-0.1, -0.05) is 0 Å². The maximum atomic E-state index is 11.1. The molecule has 90 valence electrons. The fourth-order valence-corrected chi connectivity index (χ4v) is 3.64. The first-order valence-electron chi connectivity index (χ1n) is 5.77. The van der Waals surface area contributed by atoms with Crippen molar-refractivity contribution in [2.75, 3.05) is 0 Å². The highest BCUT2D eigenvalue weighted by molar-refractivity contribution is 9.10. The maximum Gasteiger partial charge on any atom is 0.335 e. The second-order valence-electron chi connectivity index (χ2n) is 5.04. The lowest BCUT2D eigenvalue weighted by molar-refractivity contribution is 0.0696. The van der Waals surface area contributed by atoms with Crippen molar-refractivity contribution in [2.24, 2.45) is 0 Å². The van der Waals surface area contributed by atoms with Gasteiger partial charge >= 0.3 is 5.97 Å².